The van der Waals surface area contributed by atoms with Crippen molar-refractivity contribution in [2.24, 2.45) is 11.5 Å². The number of aliphatic hydroxyl groups excluding tert-OH is 1. The Kier molecular flexibility index (Phi) is 14.6. The van der Waals surface area contributed by atoms with Crippen LogP contribution in [0.25, 0.3) is 22.1 Å². The normalized spacial score (nSPS) is 11.9. The number of imidazole rings is 2. The summed E-state index contributed by atoms with van der Waals surface area (Å²) in [6, 6.07) is 9.22. The highest BCUT2D eigenvalue weighted by atomic mass is 16.5. The summed E-state index contributed by atoms with van der Waals surface area (Å²) in [7, 11) is 4.32. The van der Waals surface area contributed by atoms with Crippen molar-refractivity contribution in [3.8, 4) is 11.5 Å². The quantitative estimate of drug-likeness (QED) is 0.0376. The number of nitrogens with zero attached hydrogens (tertiary/aromatic N) is 9. The molecule has 0 aliphatic carbocycles. The van der Waals surface area contributed by atoms with Gasteiger partial charge in [0.05, 0.1) is 56.7 Å². The molecule has 66 heavy (non-hydrogen) atoms. The second-order valence-corrected chi connectivity index (χ2v) is 15.1. The van der Waals surface area contributed by atoms with Crippen LogP contribution in [-0.2, 0) is 35.8 Å². The van der Waals surface area contributed by atoms with E-state index in [-0.39, 0.29) is 89.2 Å². The molecule has 23 heteroatoms. The molecule has 0 aliphatic rings. The van der Waals surface area contributed by atoms with Crippen LogP contribution in [0.4, 0.5) is 11.9 Å². The number of nitrogens with two attached hydrogens (primary N) is 2. The Morgan fingerprint density at radius 2 is 1.24 bits per heavy atom. The largest absolute Gasteiger partial charge is 0.494 e. The number of hydrogen-bond donors (Lipinski definition) is 6. The number of aromatic nitrogens is 8. The van der Waals surface area contributed by atoms with Gasteiger partial charge in [-0.2, -0.15) is 20.2 Å². The van der Waals surface area contributed by atoms with E-state index in [1.54, 1.807) is 56.6 Å². The van der Waals surface area contributed by atoms with Gasteiger partial charge in [-0.1, -0.05) is 12.2 Å². The molecule has 6 aromatic rings. The number of fused-ring (bicyclic) bond motifs is 2. The van der Waals surface area contributed by atoms with Crippen LogP contribution in [0.5, 0.6) is 11.5 Å². The van der Waals surface area contributed by atoms with E-state index in [1.807, 2.05) is 13.8 Å². The number of rotatable bonds is 19. The van der Waals surface area contributed by atoms with Gasteiger partial charge in [0.15, 0.2) is 0 Å². The SMILES string of the molecule is CCn1nc(C)cc1C(=O)Nc1nc2cc(C(N)=O)cc(OC)c2n1C/C=C/Cn1c(NC(=O)c2cc(C)nn2CC)nc2cc(C(N)=O)cc(OCCCC(=O)[NH+](C)N(C)C(=O)CO)c21. The maximum Gasteiger partial charge on any atom is 0.336 e. The lowest BCUT2D eigenvalue weighted by molar-refractivity contribution is -0.910. The van der Waals surface area contributed by atoms with E-state index in [0.29, 0.717) is 46.7 Å². The Hall–Kier alpha value is -7.92. The van der Waals surface area contributed by atoms with Gasteiger partial charge < -0.3 is 35.2 Å². The molecule has 0 fully saturated rings. The van der Waals surface area contributed by atoms with Crippen molar-refractivity contribution in [1.82, 2.24) is 43.7 Å². The van der Waals surface area contributed by atoms with Gasteiger partial charge in [-0.25, -0.2) is 14.8 Å². The number of aryl methyl sites for hydroxylation is 4. The summed E-state index contributed by atoms with van der Waals surface area (Å²) in [5, 5.41) is 25.0. The number of ether oxygens (including phenoxy) is 2. The maximum absolute atomic E-state index is 13.8. The van der Waals surface area contributed by atoms with Crippen molar-refractivity contribution < 1.29 is 48.4 Å². The molecule has 0 radical (unpaired) electrons. The number of aliphatic hydroxyl groups is 1. The summed E-state index contributed by atoms with van der Waals surface area (Å²) < 4.78 is 18.4. The fourth-order valence-corrected chi connectivity index (χ4v) is 7.26. The van der Waals surface area contributed by atoms with Crippen LogP contribution in [-0.4, -0.2) is 119 Å². The standard InChI is InChI=1S/C43H52N14O9/c1-8-56-30(17-24(3)50-56)40(63)48-42-46-28-19-26(38(44)61)21-32(65-7)36(28)54(42)14-10-11-15-55-37-29(47-43(55)49-41(64)31-18-25(4)51-57(31)9-2)20-27(39(45)62)22-33(37)66-16-12-13-34(59)52(5)53(6)35(60)23-58/h10-11,17-22,58H,8-9,12-16,23H2,1-7H3,(H2,44,61)(H2,45,62)(H,46,48,63)(H,47,49,64)/p+1/b11-10+. The van der Waals surface area contributed by atoms with Crippen LogP contribution in [0.2, 0.25) is 0 Å². The van der Waals surface area contributed by atoms with Gasteiger partial charge >= 0.3 is 5.91 Å². The Morgan fingerprint density at radius 3 is 1.68 bits per heavy atom. The molecule has 0 bridgehead atoms. The lowest BCUT2D eigenvalue weighted by Gasteiger charge is -2.21. The van der Waals surface area contributed by atoms with E-state index in [4.69, 9.17) is 25.9 Å². The predicted molar refractivity (Wildman–Crippen MR) is 240 cm³/mol. The van der Waals surface area contributed by atoms with Crippen molar-refractivity contribution in [3.63, 3.8) is 0 Å². The first-order valence-corrected chi connectivity index (χ1v) is 21.0. The zero-order chi connectivity index (χ0) is 48.0. The van der Waals surface area contributed by atoms with E-state index in [9.17, 15) is 33.9 Å². The van der Waals surface area contributed by atoms with E-state index >= 15 is 0 Å². The first-order chi connectivity index (χ1) is 31.5. The van der Waals surface area contributed by atoms with Crippen molar-refractivity contribution in [2.45, 2.75) is 66.7 Å². The summed E-state index contributed by atoms with van der Waals surface area (Å²) in [6.07, 6.45) is 3.78. The fourth-order valence-electron chi connectivity index (χ4n) is 7.26. The lowest BCUT2D eigenvalue weighted by atomic mass is 10.1. The molecule has 6 rings (SSSR count). The van der Waals surface area contributed by atoms with Gasteiger partial charge in [0.25, 0.3) is 17.7 Å². The number of carbonyl (C=O) groups is 6. The molecule has 6 amide bonds. The number of nitrogens with one attached hydrogen (secondary N) is 3. The van der Waals surface area contributed by atoms with Gasteiger partial charge in [-0.05, 0) is 70.5 Å². The molecule has 0 spiro atoms. The zero-order valence-electron chi connectivity index (χ0n) is 37.7. The molecule has 0 saturated carbocycles. The average molecular weight is 910 g/mol. The zero-order valence-corrected chi connectivity index (χ0v) is 37.7. The maximum atomic E-state index is 13.8. The summed E-state index contributed by atoms with van der Waals surface area (Å²) in [5.74, 6) is -2.71. The number of carbonyl (C=O) groups excluding carboxylic acids is 6. The molecular formula is C43H53N14O9+. The topological polar surface area (TPSA) is 296 Å². The minimum Gasteiger partial charge on any atom is -0.494 e. The van der Waals surface area contributed by atoms with Crippen molar-refractivity contribution in [3.05, 3.63) is 82.5 Å². The second kappa shape index (κ2) is 20.3. The van der Waals surface area contributed by atoms with Crippen LogP contribution in [0.3, 0.4) is 0 Å². The number of methoxy groups -OCH3 is 1. The van der Waals surface area contributed by atoms with Crippen LogP contribution < -0.4 is 36.6 Å². The lowest BCUT2D eigenvalue weighted by Crippen LogP contribution is -3.18. The van der Waals surface area contributed by atoms with E-state index in [0.717, 1.165) is 5.01 Å². The van der Waals surface area contributed by atoms with Gasteiger partial charge in [0.1, 0.15) is 40.5 Å². The smallest absolute Gasteiger partial charge is 0.336 e. The summed E-state index contributed by atoms with van der Waals surface area (Å²) in [6.45, 7) is 7.55. The number of benzene rings is 2. The highest BCUT2D eigenvalue weighted by molar-refractivity contribution is 6.05. The third-order valence-corrected chi connectivity index (χ3v) is 10.7. The monoisotopic (exact) mass is 909 g/mol. The van der Waals surface area contributed by atoms with Crippen LogP contribution in [0, 0.1) is 13.8 Å². The van der Waals surface area contributed by atoms with Gasteiger partial charge in [0.2, 0.25) is 23.7 Å². The summed E-state index contributed by atoms with van der Waals surface area (Å²) in [5.41, 5.74) is 14.9. The summed E-state index contributed by atoms with van der Waals surface area (Å²) in [4.78, 5) is 86.5. The van der Waals surface area contributed by atoms with Gasteiger partial charge in [0, 0.05) is 37.3 Å². The molecule has 2 aromatic carbocycles. The Balaban J connectivity index is 1.38. The van der Waals surface area contributed by atoms with E-state index < -0.39 is 36.1 Å². The number of likely N-dealkylation sites (N-methyl/N-ethyl adjacent to an activating group) is 1. The van der Waals surface area contributed by atoms with Gasteiger partial charge in [-0.15, -0.1) is 0 Å². The average Bonchev–Trinajstić information content (AvgIpc) is 4.06. The van der Waals surface area contributed by atoms with E-state index in [2.05, 4.69) is 25.8 Å². The number of anilines is 2. The predicted octanol–water partition coefficient (Wildman–Crippen LogP) is 0.969. The molecule has 1 unspecified atom stereocenters. The van der Waals surface area contributed by atoms with Gasteiger partial charge in [-0.3, -0.25) is 44.0 Å². The van der Waals surface area contributed by atoms with Crippen LogP contribution >= 0.6 is 0 Å². The van der Waals surface area contributed by atoms with Crippen LogP contribution in [0.15, 0.2) is 48.6 Å². The minimum atomic E-state index is -0.760. The Bertz CT molecular complexity index is 2890. The molecule has 4 aromatic heterocycles. The highest BCUT2D eigenvalue weighted by Gasteiger charge is 2.26. The third kappa shape index (κ3) is 10.1. The minimum absolute atomic E-state index is 0.00322. The van der Waals surface area contributed by atoms with Crippen molar-refractivity contribution in [2.75, 3.05) is 45.1 Å². The molecule has 4 heterocycles. The Labute approximate surface area is 377 Å². The highest BCUT2D eigenvalue weighted by Crippen LogP contribution is 2.33. The molecule has 23 nitrogen and oxygen atoms in total. The number of quaternary nitrogens is 1. The number of hydrogen-bond acceptors (Lipinski definition) is 13. The molecular weight excluding hydrogens is 857 g/mol. The van der Waals surface area contributed by atoms with Crippen molar-refractivity contribution >= 4 is 69.4 Å². The molecule has 8 N–H and O–H groups in total. The fraction of sp³-hybridized carbons (Fsp3) is 0.349. The summed E-state index contributed by atoms with van der Waals surface area (Å²) >= 11 is 0. The Morgan fingerprint density at radius 1 is 0.773 bits per heavy atom. The number of primary amides is 2. The van der Waals surface area contributed by atoms with Crippen molar-refractivity contribution in [1.29, 1.82) is 0 Å². The first kappa shape index (κ1) is 47.6. The first-order valence-electron chi connectivity index (χ1n) is 21.0. The number of allylic oxidation sites excluding steroid dienone is 2. The van der Waals surface area contributed by atoms with E-state index in [1.165, 1.54) is 45.5 Å². The molecule has 348 valence electrons. The number of amides is 6. The third-order valence-electron chi connectivity index (χ3n) is 10.7. The molecule has 1 atom stereocenters. The molecule has 0 saturated heterocycles. The molecule has 0 aliphatic heterocycles. The van der Waals surface area contributed by atoms with Crippen LogP contribution in [0.1, 0.15) is 79.8 Å². The second-order valence-electron chi connectivity index (χ2n) is 15.1.